The van der Waals surface area contributed by atoms with E-state index in [1.807, 2.05) is 12.1 Å². The lowest BCUT2D eigenvalue weighted by molar-refractivity contribution is -0.186. The summed E-state index contributed by atoms with van der Waals surface area (Å²) >= 11 is 0. The molecule has 23 heavy (non-hydrogen) atoms. The van der Waals surface area contributed by atoms with Crippen LogP contribution in [0.2, 0.25) is 0 Å². The molecule has 1 aliphatic rings. The highest BCUT2D eigenvalue weighted by molar-refractivity contribution is 5.80. The molecule has 1 aliphatic heterocycles. The first-order chi connectivity index (χ1) is 10.8. The molecular weight excluding hydrogens is 307 g/mol. The van der Waals surface area contributed by atoms with E-state index in [9.17, 15) is 18.0 Å². The fourth-order valence-corrected chi connectivity index (χ4v) is 2.79. The molecule has 1 aromatic rings. The van der Waals surface area contributed by atoms with Crippen molar-refractivity contribution in [2.45, 2.75) is 25.4 Å². The summed E-state index contributed by atoms with van der Waals surface area (Å²) in [6.07, 6.45) is -2.45. The van der Waals surface area contributed by atoms with Crippen LogP contribution < -0.4 is 4.74 Å². The first kappa shape index (κ1) is 17.4. The van der Waals surface area contributed by atoms with Gasteiger partial charge >= 0.3 is 6.18 Å². The molecule has 1 saturated heterocycles. The maximum absolute atomic E-state index is 12.7. The fourth-order valence-electron chi connectivity index (χ4n) is 2.79. The molecule has 0 aromatic heterocycles. The van der Waals surface area contributed by atoms with Crippen LogP contribution in [-0.4, -0.2) is 37.2 Å². The molecule has 1 fully saturated rings. The summed E-state index contributed by atoms with van der Waals surface area (Å²) in [4.78, 5) is 13.9. The normalized spacial score (nSPS) is 16.3. The number of hydrogen-bond acceptors (Lipinski definition) is 2. The van der Waals surface area contributed by atoms with Crippen LogP contribution in [0.15, 0.2) is 24.8 Å². The van der Waals surface area contributed by atoms with Gasteiger partial charge in [-0.1, -0.05) is 18.7 Å². The van der Waals surface area contributed by atoms with Gasteiger partial charge in [0.15, 0.2) is 0 Å². The van der Waals surface area contributed by atoms with Crippen LogP contribution in [-0.2, 0) is 11.2 Å². The van der Waals surface area contributed by atoms with Crippen molar-refractivity contribution >= 4 is 12.0 Å². The maximum Gasteiger partial charge on any atom is 0.391 e. The van der Waals surface area contributed by atoms with E-state index in [2.05, 4.69) is 6.58 Å². The highest BCUT2D eigenvalue weighted by atomic mass is 19.4. The Bertz CT molecular complexity index is 576. The number of alkyl halides is 3. The van der Waals surface area contributed by atoms with Crippen LogP contribution >= 0.6 is 0 Å². The Balaban J connectivity index is 2.02. The molecule has 126 valence electrons. The molecule has 0 bridgehead atoms. The zero-order chi connectivity index (χ0) is 17.0. The van der Waals surface area contributed by atoms with Crippen LogP contribution in [0.3, 0.4) is 0 Å². The Morgan fingerprint density at radius 3 is 2.57 bits per heavy atom. The molecular formula is C17H20F3NO2. The third-order valence-corrected chi connectivity index (χ3v) is 4.19. The van der Waals surface area contributed by atoms with Gasteiger partial charge in [0.1, 0.15) is 5.75 Å². The topological polar surface area (TPSA) is 29.5 Å². The van der Waals surface area contributed by atoms with Crippen molar-refractivity contribution < 1.29 is 22.7 Å². The van der Waals surface area contributed by atoms with Crippen molar-refractivity contribution in [1.29, 1.82) is 0 Å². The maximum atomic E-state index is 12.7. The van der Waals surface area contributed by atoms with E-state index in [-0.39, 0.29) is 38.3 Å². The van der Waals surface area contributed by atoms with Gasteiger partial charge < -0.3 is 9.64 Å². The fraction of sp³-hybridized carbons (Fsp3) is 0.471. The third-order valence-electron chi connectivity index (χ3n) is 4.19. The Hall–Kier alpha value is -1.98. The van der Waals surface area contributed by atoms with Gasteiger partial charge in [-0.2, -0.15) is 13.2 Å². The summed E-state index contributed by atoms with van der Waals surface area (Å²) in [6.45, 7) is 3.98. The van der Waals surface area contributed by atoms with E-state index in [0.29, 0.717) is 11.3 Å². The Labute approximate surface area is 133 Å². The van der Waals surface area contributed by atoms with Crippen LogP contribution in [0.1, 0.15) is 24.0 Å². The van der Waals surface area contributed by atoms with Gasteiger partial charge in [0.05, 0.1) is 19.4 Å². The molecule has 3 nitrogen and oxygen atoms in total. The lowest BCUT2D eigenvalue weighted by Gasteiger charge is -2.33. The van der Waals surface area contributed by atoms with E-state index in [1.165, 1.54) is 12.0 Å². The summed E-state index contributed by atoms with van der Waals surface area (Å²) in [5, 5.41) is 0. The molecule has 0 aliphatic carbocycles. The van der Waals surface area contributed by atoms with Gasteiger partial charge in [-0.15, -0.1) is 0 Å². The predicted molar refractivity (Wildman–Crippen MR) is 82.1 cm³/mol. The number of piperidine rings is 1. The molecule has 6 heteroatoms. The van der Waals surface area contributed by atoms with Crippen molar-refractivity contribution in [3.05, 3.63) is 35.9 Å². The standard InChI is InChI=1S/C17H20F3NO2/c1-3-12-4-5-15(23-2)13(10-12)11-16(22)21-8-6-14(7-9-21)17(18,19)20/h3-5,10,14H,1,6-9,11H2,2H3. The lowest BCUT2D eigenvalue weighted by Crippen LogP contribution is -2.42. The summed E-state index contributed by atoms with van der Waals surface area (Å²) in [6, 6.07) is 5.40. The van der Waals surface area contributed by atoms with Gasteiger partial charge in [0.25, 0.3) is 0 Å². The van der Waals surface area contributed by atoms with Crippen molar-refractivity contribution in [2.24, 2.45) is 5.92 Å². The molecule has 0 N–H and O–H groups in total. The van der Waals surface area contributed by atoms with E-state index in [1.54, 1.807) is 12.1 Å². The number of likely N-dealkylation sites (tertiary alicyclic amines) is 1. The van der Waals surface area contributed by atoms with Gasteiger partial charge in [-0.3, -0.25) is 4.79 Å². The zero-order valence-electron chi connectivity index (χ0n) is 13.0. The molecule has 1 amide bonds. The van der Waals surface area contributed by atoms with Crippen molar-refractivity contribution in [1.82, 2.24) is 4.90 Å². The average molecular weight is 327 g/mol. The molecule has 0 unspecified atom stereocenters. The number of nitrogens with zero attached hydrogens (tertiary/aromatic N) is 1. The molecule has 0 spiro atoms. The number of carbonyl (C=O) groups is 1. The first-order valence-corrected chi connectivity index (χ1v) is 7.49. The number of methoxy groups -OCH3 is 1. The summed E-state index contributed by atoms with van der Waals surface area (Å²) in [5.74, 6) is -0.885. The SMILES string of the molecule is C=Cc1ccc(OC)c(CC(=O)N2CCC(C(F)(F)F)CC2)c1. The van der Waals surface area contributed by atoms with Gasteiger partial charge in [0, 0.05) is 18.7 Å². The number of amides is 1. The van der Waals surface area contributed by atoms with Crippen LogP contribution in [0.5, 0.6) is 5.75 Å². The summed E-state index contributed by atoms with van der Waals surface area (Å²) in [7, 11) is 1.52. The Kier molecular flexibility index (Phi) is 5.34. The molecule has 0 saturated carbocycles. The second-order valence-electron chi connectivity index (χ2n) is 5.65. The second kappa shape index (κ2) is 7.06. The van der Waals surface area contributed by atoms with Gasteiger partial charge in [0.2, 0.25) is 5.91 Å². The number of benzene rings is 1. The molecule has 1 aromatic carbocycles. The third kappa shape index (κ3) is 4.27. The number of ether oxygens (including phenoxy) is 1. The van der Waals surface area contributed by atoms with E-state index < -0.39 is 12.1 Å². The van der Waals surface area contributed by atoms with Crippen LogP contribution in [0, 0.1) is 5.92 Å². The van der Waals surface area contributed by atoms with Crippen LogP contribution in [0.25, 0.3) is 6.08 Å². The molecule has 1 heterocycles. The number of rotatable bonds is 4. The minimum absolute atomic E-state index is 0.0287. The van der Waals surface area contributed by atoms with Crippen molar-refractivity contribution in [3.8, 4) is 5.75 Å². The molecule has 2 rings (SSSR count). The Morgan fingerprint density at radius 2 is 2.04 bits per heavy atom. The number of halogens is 3. The minimum atomic E-state index is -4.17. The summed E-state index contributed by atoms with van der Waals surface area (Å²) in [5.41, 5.74) is 1.58. The van der Waals surface area contributed by atoms with Crippen LogP contribution in [0.4, 0.5) is 13.2 Å². The van der Waals surface area contributed by atoms with E-state index in [0.717, 1.165) is 5.56 Å². The largest absolute Gasteiger partial charge is 0.496 e. The van der Waals surface area contributed by atoms with Crippen molar-refractivity contribution in [2.75, 3.05) is 20.2 Å². The monoisotopic (exact) mass is 327 g/mol. The van der Waals surface area contributed by atoms with E-state index >= 15 is 0 Å². The first-order valence-electron chi connectivity index (χ1n) is 7.49. The second-order valence-corrected chi connectivity index (χ2v) is 5.65. The van der Waals surface area contributed by atoms with E-state index in [4.69, 9.17) is 4.74 Å². The zero-order valence-corrected chi connectivity index (χ0v) is 13.0. The minimum Gasteiger partial charge on any atom is -0.496 e. The van der Waals surface area contributed by atoms with Gasteiger partial charge in [-0.25, -0.2) is 0 Å². The lowest BCUT2D eigenvalue weighted by atomic mass is 9.95. The summed E-state index contributed by atoms with van der Waals surface area (Å²) < 4.78 is 43.2. The number of hydrogen-bond donors (Lipinski definition) is 0. The smallest absolute Gasteiger partial charge is 0.391 e. The highest BCUT2D eigenvalue weighted by Crippen LogP contribution is 2.34. The van der Waals surface area contributed by atoms with Gasteiger partial charge in [-0.05, 0) is 30.5 Å². The average Bonchev–Trinajstić information content (AvgIpc) is 2.54. The van der Waals surface area contributed by atoms with Crippen molar-refractivity contribution in [3.63, 3.8) is 0 Å². The Morgan fingerprint density at radius 1 is 1.39 bits per heavy atom. The number of carbonyl (C=O) groups excluding carboxylic acids is 1. The molecule has 0 radical (unpaired) electrons. The molecule has 0 atom stereocenters. The highest BCUT2D eigenvalue weighted by Gasteiger charge is 2.41. The predicted octanol–water partition coefficient (Wildman–Crippen LogP) is 3.68. The quantitative estimate of drug-likeness (QED) is 0.844.